The van der Waals surface area contributed by atoms with Crippen LogP contribution in [0.5, 0.6) is 5.75 Å². The van der Waals surface area contributed by atoms with Crippen LogP contribution in [0.15, 0.2) is 18.2 Å². The minimum atomic E-state index is -3.23. The van der Waals surface area contributed by atoms with Crippen molar-refractivity contribution >= 4 is 38.3 Å². The van der Waals surface area contributed by atoms with Crippen LogP contribution in [0.25, 0.3) is 0 Å². The zero-order valence-corrected chi connectivity index (χ0v) is 11.7. The van der Waals surface area contributed by atoms with Crippen molar-refractivity contribution in [2.45, 2.75) is 18.9 Å². The smallest absolute Gasteiger partial charge is 0.229 e. The number of hydrogen-bond donors (Lipinski definition) is 1. The number of nitrogens with one attached hydrogen (secondary N) is 1. The average molecular weight is 353 g/mol. The number of rotatable bonds is 4. The molecule has 6 heteroatoms. The molecule has 0 unspecified atom stereocenters. The zero-order valence-electron chi connectivity index (χ0n) is 8.73. The summed E-state index contributed by atoms with van der Waals surface area (Å²) in [6, 6.07) is 5.29. The standard InChI is InChI=1S/C10H12INO3S/c1-16(13,14)12-7-2-5-9(11)10(6-7)15-8-3-4-8/h2,5-6,8,12H,3-4H2,1H3. The number of anilines is 1. The van der Waals surface area contributed by atoms with Crippen molar-refractivity contribution in [3.8, 4) is 5.75 Å². The van der Waals surface area contributed by atoms with Crippen molar-refractivity contribution in [1.29, 1.82) is 0 Å². The fourth-order valence-electron chi connectivity index (χ4n) is 1.24. The molecule has 88 valence electrons. The molecule has 0 spiro atoms. The first kappa shape index (κ1) is 12.0. The van der Waals surface area contributed by atoms with Gasteiger partial charge in [-0.15, -0.1) is 0 Å². The van der Waals surface area contributed by atoms with Crippen LogP contribution >= 0.6 is 22.6 Å². The second kappa shape index (κ2) is 4.40. The Balaban J connectivity index is 2.20. The predicted octanol–water partition coefficient (Wildman–Crippen LogP) is 2.20. The van der Waals surface area contributed by atoms with Gasteiger partial charge in [0.2, 0.25) is 10.0 Å². The van der Waals surface area contributed by atoms with E-state index in [0.717, 1.165) is 28.4 Å². The van der Waals surface area contributed by atoms with E-state index >= 15 is 0 Å². The molecule has 1 aromatic rings. The lowest BCUT2D eigenvalue weighted by Crippen LogP contribution is -2.10. The molecule has 1 aliphatic rings. The third-order valence-corrected chi connectivity index (χ3v) is 3.55. The largest absolute Gasteiger partial charge is 0.489 e. The Morgan fingerprint density at radius 2 is 2.12 bits per heavy atom. The Labute approximate surface area is 109 Å². The molecule has 4 nitrogen and oxygen atoms in total. The molecule has 0 amide bonds. The molecule has 0 aliphatic heterocycles. The predicted molar refractivity (Wildman–Crippen MR) is 71.3 cm³/mol. The quantitative estimate of drug-likeness (QED) is 0.845. The van der Waals surface area contributed by atoms with E-state index in [0.29, 0.717) is 11.8 Å². The maximum absolute atomic E-state index is 11.1. The van der Waals surface area contributed by atoms with E-state index in [1.54, 1.807) is 12.1 Å². The first-order valence-corrected chi connectivity index (χ1v) is 7.85. The number of ether oxygens (including phenoxy) is 1. The Morgan fingerprint density at radius 3 is 2.69 bits per heavy atom. The van der Waals surface area contributed by atoms with Gasteiger partial charge < -0.3 is 4.74 Å². The van der Waals surface area contributed by atoms with E-state index in [9.17, 15) is 8.42 Å². The number of hydrogen-bond acceptors (Lipinski definition) is 3. The Kier molecular flexibility index (Phi) is 3.29. The van der Waals surface area contributed by atoms with Crippen LogP contribution in [-0.4, -0.2) is 20.8 Å². The van der Waals surface area contributed by atoms with Gasteiger partial charge in [-0.1, -0.05) is 0 Å². The van der Waals surface area contributed by atoms with Gasteiger partial charge >= 0.3 is 0 Å². The highest BCUT2D eigenvalue weighted by Crippen LogP contribution is 2.32. The van der Waals surface area contributed by atoms with Crippen molar-refractivity contribution in [3.05, 3.63) is 21.8 Å². The Bertz CT molecular complexity index is 497. The number of sulfonamides is 1. The third kappa shape index (κ3) is 3.51. The summed E-state index contributed by atoms with van der Waals surface area (Å²) in [5.41, 5.74) is 0.540. The SMILES string of the molecule is CS(=O)(=O)Nc1ccc(I)c(OC2CC2)c1. The summed E-state index contributed by atoms with van der Waals surface area (Å²) < 4.78 is 31.2. The molecule has 1 aromatic carbocycles. The Hall–Kier alpha value is -0.500. The van der Waals surface area contributed by atoms with Crippen LogP contribution < -0.4 is 9.46 Å². The summed E-state index contributed by atoms with van der Waals surface area (Å²) in [4.78, 5) is 0. The third-order valence-electron chi connectivity index (χ3n) is 2.05. The zero-order chi connectivity index (χ0) is 11.8. The fourth-order valence-corrected chi connectivity index (χ4v) is 2.25. The molecule has 16 heavy (non-hydrogen) atoms. The maximum Gasteiger partial charge on any atom is 0.229 e. The lowest BCUT2D eigenvalue weighted by Gasteiger charge is -2.10. The topological polar surface area (TPSA) is 55.4 Å². The van der Waals surface area contributed by atoms with E-state index in [4.69, 9.17) is 4.74 Å². The maximum atomic E-state index is 11.1. The summed E-state index contributed by atoms with van der Waals surface area (Å²) in [6.07, 6.45) is 3.61. The summed E-state index contributed by atoms with van der Waals surface area (Å²) in [5, 5.41) is 0. The average Bonchev–Trinajstić information content (AvgIpc) is 2.92. The lowest BCUT2D eigenvalue weighted by atomic mass is 10.3. The van der Waals surface area contributed by atoms with Gasteiger partial charge in [-0.2, -0.15) is 0 Å². The van der Waals surface area contributed by atoms with Gasteiger partial charge in [0.05, 0.1) is 21.6 Å². The molecule has 0 atom stereocenters. The van der Waals surface area contributed by atoms with Crippen molar-refractivity contribution < 1.29 is 13.2 Å². The molecule has 1 saturated carbocycles. The summed E-state index contributed by atoms with van der Waals surface area (Å²) in [5.74, 6) is 0.747. The highest BCUT2D eigenvalue weighted by Gasteiger charge is 2.24. The first-order valence-electron chi connectivity index (χ1n) is 4.88. The lowest BCUT2D eigenvalue weighted by molar-refractivity contribution is 0.301. The minimum Gasteiger partial charge on any atom is -0.489 e. The van der Waals surface area contributed by atoms with E-state index in [1.165, 1.54) is 0 Å². The van der Waals surface area contributed by atoms with Gasteiger partial charge in [0.15, 0.2) is 0 Å². The molecule has 1 N–H and O–H groups in total. The molecule has 0 aromatic heterocycles. The van der Waals surface area contributed by atoms with E-state index in [2.05, 4.69) is 27.3 Å². The van der Waals surface area contributed by atoms with Crippen molar-refractivity contribution in [2.75, 3.05) is 11.0 Å². The fraction of sp³-hybridized carbons (Fsp3) is 0.400. The molecular formula is C10H12INO3S. The molecule has 0 bridgehead atoms. The van der Waals surface area contributed by atoms with E-state index in [-0.39, 0.29) is 0 Å². The summed E-state index contributed by atoms with van der Waals surface area (Å²) >= 11 is 2.17. The van der Waals surface area contributed by atoms with Gasteiger partial charge in [0.1, 0.15) is 5.75 Å². The molecule has 1 aliphatic carbocycles. The molecule has 0 heterocycles. The van der Waals surface area contributed by atoms with Gasteiger partial charge in [-0.05, 0) is 47.6 Å². The normalized spacial score (nSPS) is 15.9. The second-order valence-corrected chi connectivity index (χ2v) is 6.75. The van der Waals surface area contributed by atoms with Crippen molar-refractivity contribution in [1.82, 2.24) is 0 Å². The second-order valence-electron chi connectivity index (χ2n) is 3.84. The van der Waals surface area contributed by atoms with Crippen LogP contribution in [0.1, 0.15) is 12.8 Å². The van der Waals surface area contributed by atoms with Crippen molar-refractivity contribution in [2.24, 2.45) is 0 Å². The van der Waals surface area contributed by atoms with Crippen LogP contribution in [0.2, 0.25) is 0 Å². The van der Waals surface area contributed by atoms with E-state index in [1.807, 2.05) is 6.07 Å². The highest BCUT2D eigenvalue weighted by molar-refractivity contribution is 14.1. The van der Waals surface area contributed by atoms with Crippen molar-refractivity contribution in [3.63, 3.8) is 0 Å². The number of halogens is 1. The molecular weight excluding hydrogens is 341 g/mol. The van der Waals surface area contributed by atoms with Gasteiger partial charge in [-0.25, -0.2) is 8.42 Å². The van der Waals surface area contributed by atoms with E-state index < -0.39 is 10.0 Å². The number of benzene rings is 1. The summed E-state index contributed by atoms with van der Waals surface area (Å²) in [7, 11) is -3.23. The first-order chi connectivity index (χ1) is 7.44. The summed E-state index contributed by atoms with van der Waals surface area (Å²) in [6.45, 7) is 0. The van der Waals surface area contributed by atoms with Crippen LogP contribution in [0, 0.1) is 3.57 Å². The van der Waals surface area contributed by atoms with Gasteiger partial charge in [-0.3, -0.25) is 4.72 Å². The van der Waals surface area contributed by atoms with Crippen LogP contribution in [-0.2, 0) is 10.0 Å². The molecule has 0 saturated heterocycles. The molecule has 2 rings (SSSR count). The van der Waals surface area contributed by atoms with Crippen LogP contribution in [0.4, 0.5) is 5.69 Å². The minimum absolute atomic E-state index is 0.307. The highest BCUT2D eigenvalue weighted by atomic mass is 127. The van der Waals surface area contributed by atoms with Crippen LogP contribution in [0.3, 0.4) is 0 Å². The molecule has 1 fully saturated rings. The van der Waals surface area contributed by atoms with Gasteiger partial charge in [0.25, 0.3) is 0 Å². The molecule has 0 radical (unpaired) electrons. The Morgan fingerprint density at radius 1 is 1.44 bits per heavy atom. The monoisotopic (exact) mass is 353 g/mol. The van der Waals surface area contributed by atoms with Gasteiger partial charge in [0, 0.05) is 6.07 Å².